The molecule has 0 unspecified atom stereocenters. The third kappa shape index (κ3) is 5.06. The smallest absolute Gasteiger partial charge is 0.131 e. The van der Waals surface area contributed by atoms with Gasteiger partial charge in [-0.3, -0.25) is 5.10 Å². The van der Waals surface area contributed by atoms with E-state index >= 15 is 0 Å². The van der Waals surface area contributed by atoms with E-state index in [9.17, 15) is 0 Å². The van der Waals surface area contributed by atoms with Crippen LogP contribution in [0.25, 0.3) is 0 Å². The molecule has 0 aromatic carbocycles. The first-order valence-corrected chi connectivity index (χ1v) is 8.33. The third-order valence-corrected chi connectivity index (χ3v) is 4.86. The Balaban J connectivity index is 0.00000156. The molecule has 2 heterocycles. The molecule has 0 bridgehead atoms. The maximum atomic E-state index is 5.88. The summed E-state index contributed by atoms with van der Waals surface area (Å²) in [6, 6.07) is 2.46. The zero-order chi connectivity index (χ0) is 16.4. The average Bonchev–Trinajstić information content (AvgIpc) is 2.83. The molecule has 3 rings (SSSR count). The monoisotopic (exact) mass is 386 g/mol. The van der Waals surface area contributed by atoms with Gasteiger partial charge in [0.2, 0.25) is 0 Å². The molecule has 2 aromatic heterocycles. The summed E-state index contributed by atoms with van der Waals surface area (Å²) in [5.74, 6) is 1.51. The number of hydrogen-bond donors (Lipinski definition) is 2. The molecular weight excluding hydrogens is 359 g/mol. The highest BCUT2D eigenvalue weighted by atomic mass is 35.5. The lowest BCUT2D eigenvalue weighted by molar-refractivity contribution is 0.345. The van der Waals surface area contributed by atoms with Gasteiger partial charge in [-0.2, -0.15) is 5.10 Å². The van der Waals surface area contributed by atoms with Gasteiger partial charge in [0, 0.05) is 43.0 Å². The predicted molar refractivity (Wildman–Crippen MR) is 106 cm³/mol. The van der Waals surface area contributed by atoms with Gasteiger partial charge in [-0.05, 0) is 45.1 Å². The molecule has 1 saturated carbocycles. The van der Waals surface area contributed by atoms with Crippen molar-refractivity contribution in [2.45, 2.75) is 51.5 Å². The molecule has 1 aliphatic rings. The van der Waals surface area contributed by atoms with Crippen LogP contribution in [0.4, 0.5) is 5.82 Å². The van der Waals surface area contributed by atoms with E-state index in [1.807, 2.05) is 0 Å². The van der Waals surface area contributed by atoms with Crippen LogP contribution in [0.1, 0.15) is 47.8 Å². The zero-order valence-corrected chi connectivity index (χ0v) is 16.7. The summed E-state index contributed by atoms with van der Waals surface area (Å²) in [4.78, 5) is 11.0. The molecule has 25 heavy (non-hydrogen) atoms. The Morgan fingerprint density at radius 1 is 1.24 bits per heavy atom. The van der Waals surface area contributed by atoms with E-state index in [0.717, 1.165) is 49.4 Å². The van der Waals surface area contributed by atoms with Gasteiger partial charge in [0.05, 0.1) is 5.69 Å². The number of rotatable bonds is 6. The number of nitrogens with one attached hydrogen (secondary N) is 1. The summed E-state index contributed by atoms with van der Waals surface area (Å²) in [5, 5.41) is 7.30. The summed E-state index contributed by atoms with van der Waals surface area (Å²) in [5.41, 5.74) is 10.6. The van der Waals surface area contributed by atoms with Gasteiger partial charge in [0.15, 0.2) is 0 Å². The van der Waals surface area contributed by atoms with Crippen molar-refractivity contribution in [3.8, 4) is 0 Å². The molecule has 140 valence electrons. The molecule has 1 aliphatic carbocycles. The lowest BCUT2D eigenvalue weighted by Gasteiger charge is -2.32. The van der Waals surface area contributed by atoms with Crippen LogP contribution in [-0.2, 0) is 6.42 Å². The van der Waals surface area contributed by atoms with Gasteiger partial charge in [-0.1, -0.05) is 0 Å². The molecule has 6 nitrogen and oxygen atoms in total. The van der Waals surface area contributed by atoms with Crippen LogP contribution in [0.3, 0.4) is 0 Å². The first-order chi connectivity index (χ1) is 11.0. The number of nitrogens with two attached hydrogens (primary N) is 1. The Morgan fingerprint density at radius 3 is 2.56 bits per heavy atom. The lowest BCUT2D eigenvalue weighted by atomic mass is 9.78. The maximum absolute atomic E-state index is 5.88. The second-order valence-corrected chi connectivity index (χ2v) is 6.67. The fourth-order valence-electron chi connectivity index (χ4n) is 3.25. The Kier molecular flexibility index (Phi) is 8.12. The third-order valence-electron chi connectivity index (χ3n) is 4.86. The molecule has 0 spiro atoms. The fourth-order valence-corrected chi connectivity index (χ4v) is 3.25. The Bertz CT molecular complexity index is 649. The van der Waals surface area contributed by atoms with Gasteiger partial charge in [-0.15, -0.1) is 24.8 Å². The molecule has 0 radical (unpaired) electrons. The molecule has 8 heteroatoms. The molecule has 0 amide bonds. The van der Waals surface area contributed by atoms with Gasteiger partial charge in [0.1, 0.15) is 12.1 Å². The minimum atomic E-state index is 0. The van der Waals surface area contributed by atoms with Gasteiger partial charge in [-0.25, -0.2) is 9.97 Å². The number of aromatic nitrogens is 4. The average molecular weight is 387 g/mol. The quantitative estimate of drug-likeness (QED) is 0.796. The van der Waals surface area contributed by atoms with E-state index in [-0.39, 0.29) is 24.8 Å². The van der Waals surface area contributed by atoms with E-state index in [1.54, 1.807) is 6.33 Å². The molecule has 1 fully saturated rings. The number of nitrogens with zero attached hydrogens (tertiary/aromatic N) is 4. The number of aromatic amines is 1. The zero-order valence-electron chi connectivity index (χ0n) is 15.0. The minimum Gasteiger partial charge on any atom is -0.360 e. The van der Waals surface area contributed by atoms with Crippen LogP contribution >= 0.6 is 24.8 Å². The van der Waals surface area contributed by atoms with E-state index in [0.29, 0.717) is 12.0 Å². The van der Waals surface area contributed by atoms with E-state index in [4.69, 9.17) is 5.73 Å². The second kappa shape index (κ2) is 9.36. The highest BCUT2D eigenvalue weighted by Crippen LogP contribution is 2.35. The molecule has 0 aliphatic heterocycles. The maximum Gasteiger partial charge on any atom is 0.131 e. The SMILES string of the molecule is Cc1n[nH]c(C)c1CCCN(C)c1cc(C2CC(N)C2)ncn1.Cl.Cl. The Labute approximate surface area is 161 Å². The van der Waals surface area contributed by atoms with Crippen LogP contribution in [-0.4, -0.2) is 39.8 Å². The first kappa shape index (κ1) is 21.7. The standard InChI is InChI=1S/C17H26N6.2ClH/c1-11-15(12(2)22-21-11)5-4-6-23(3)17-9-16(19-10-20-17)13-7-14(18)8-13;;/h9-10,13-14H,4-8,18H2,1-3H3,(H,21,22);2*1H. The summed E-state index contributed by atoms with van der Waals surface area (Å²) in [6.07, 6.45) is 5.87. The van der Waals surface area contributed by atoms with E-state index in [2.05, 4.69) is 52.0 Å². The summed E-state index contributed by atoms with van der Waals surface area (Å²) >= 11 is 0. The summed E-state index contributed by atoms with van der Waals surface area (Å²) in [6.45, 7) is 5.10. The molecule has 0 saturated heterocycles. The van der Waals surface area contributed by atoms with Crippen LogP contribution < -0.4 is 10.6 Å². The van der Waals surface area contributed by atoms with Gasteiger partial charge >= 0.3 is 0 Å². The Morgan fingerprint density at radius 2 is 1.96 bits per heavy atom. The van der Waals surface area contributed by atoms with Crippen LogP contribution in [0.5, 0.6) is 0 Å². The molecule has 3 N–H and O–H groups in total. The number of aryl methyl sites for hydroxylation is 2. The highest BCUT2D eigenvalue weighted by molar-refractivity contribution is 5.85. The fraction of sp³-hybridized carbons (Fsp3) is 0.588. The second-order valence-electron chi connectivity index (χ2n) is 6.67. The van der Waals surface area contributed by atoms with Gasteiger partial charge < -0.3 is 10.6 Å². The number of halogens is 2. The van der Waals surface area contributed by atoms with Crippen molar-refractivity contribution in [1.29, 1.82) is 0 Å². The largest absolute Gasteiger partial charge is 0.360 e. The Hall–Kier alpha value is -1.37. The van der Waals surface area contributed by atoms with Crippen molar-refractivity contribution in [3.63, 3.8) is 0 Å². The summed E-state index contributed by atoms with van der Waals surface area (Å²) < 4.78 is 0. The van der Waals surface area contributed by atoms with E-state index in [1.165, 1.54) is 11.3 Å². The molecule has 2 aromatic rings. The lowest BCUT2D eigenvalue weighted by Crippen LogP contribution is -2.35. The molecule has 0 atom stereocenters. The normalized spacial score (nSPS) is 18.7. The molecular formula is C17H28Cl2N6. The van der Waals surface area contributed by atoms with Crippen molar-refractivity contribution in [3.05, 3.63) is 35.0 Å². The van der Waals surface area contributed by atoms with Gasteiger partial charge in [0.25, 0.3) is 0 Å². The predicted octanol–water partition coefficient (Wildman–Crippen LogP) is 2.93. The number of hydrogen-bond acceptors (Lipinski definition) is 5. The minimum absolute atomic E-state index is 0. The van der Waals surface area contributed by atoms with Crippen LogP contribution in [0, 0.1) is 13.8 Å². The van der Waals surface area contributed by atoms with Crippen LogP contribution in [0.15, 0.2) is 12.4 Å². The summed E-state index contributed by atoms with van der Waals surface area (Å²) in [7, 11) is 2.09. The highest BCUT2D eigenvalue weighted by Gasteiger charge is 2.28. The van der Waals surface area contributed by atoms with Crippen molar-refractivity contribution < 1.29 is 0 Å². The van der Waals surface area contributed by atoms with Crippen molar-refractivity contribution in [1.82, 2.24) is 20.2 Å². The van der Waals surface area contributed by atoms with E-state index < -0.39 is 0 Å². The first-order valence-electron chi connectivity index (χ1n) is 8.33. The topological polar surface area (TPSA) is 83.7 Å². The van der Waals surface area contributed by atoms with Crippen molar-refractivity contribution in [2.75, 3.05) is 18.5 Å². The number of H-pyrrole nitrogens is 1. The van der Waals surface area contributed by atoms with Crippen molar-refractivity contribution in [2.24, 2.45) is 5.73 Å². The van der Waals surface area contributed by atoms with Crippen LogP contribution in [0.2, 0.25) is 0 Å². The number of anilines is 1. The van der Waals surface area contributed by atoms with Crippen molar-refractivity contribution >= 4 is 30.6 Å².